The van der Waals surface area contributed by atoms with E-state index in [0.29, 0.717) is 23.1 Å². The first-order valence-electron chi connectivity index (χ1n) is 7.18. The molecule has 0 atom stereocenters. The molecule has 1 amide bonds. The van der Waals surface area contributed by atoms with Gasteiger partial charge in [-0.15, -0.1) is 0 Å². The van der Waals surface area contributed by atoms with Crippen LogP contribution in [0.1, 0.15) is 30.6 Å². The van der Waals surface area contributed by atoms with Gasteiger partial charge in [0.25, 0.3) is 5.91 Å². The summed E-state index contributed by atoms with van der Waals surface area (Å²) in [6.07, 6.45) is 4.10. The van der Waals surface area contributed by atoms with Gasteiger partial charge in [-0.3, -0.25) is 4.79 Å². The number of carbonyl (C=O) groups is 1. The minimum absolute atomic E-state index is 0.236. The van der Waals surface area contributed by atoms with Crippen LogP contribution in [0.3, 0.4) is 0 Å². The van der Waals surface area contributed by atoms with Gasteiger partial charge >= 0.3 is 0 Å². The molecule has 0 aliphatic rings. The van der Waals surface area contributed by atoms with Gasteiger partial charge in [-0.05, 0) is 40.4 Å². The Balaban J connectivity index is 1.95. The predicted molar refractivity (Wildman–Crippen MR) is 92.1 cm³/mol. The van der Waals surface area contributed by atoms with Crippen molar-refractivity contribution >= 4 is 33.5 Å². The van der Waals surface area contributed by atoms with Crippen LogP contribution in [0, 0.1) is 5.92 Å². The van der Waals surface area contributed by atoms with Crippen molar-refractivity contribution < 1.29 is 4.79 Å². The molecule has 0 spiro atoms. The van der Waals surface area contributed by atoms with Gasteiger partial charge in [0.2, 0.25) is 5.95 Å². The Bertz CT molecular complexity index is 628. The highest BCUT2D eigenvalue weighted by molar-refractivity contribution is 9.10. The highest BCUT2D eigenvalue weighted by Gasteiger charge is 2.09. The molecule has 6 heteroatoms. The summed E-state index contributed by atoms with van der Waals surface area (Å²) < 4.78 is 0.830. The number of para-hydroxylation sites is 1. The Kier molecular flexibility index (Phi) is 5.89. The topological polar surface area (TPSA) is 66.9 Å². The second-order valence-electron chi connectivity index (χ2n) is 5.34. The molecule has 0 unspecified atom stereocenters. The number of hydrogen-bond donors (Lipinski definition) is 2. The first-order chi connectivity index (χ1) is 10.6. The van der Waals surface area contributed by atoms with Crippen LogP contribution in [0.5, 0.6) is 0 Å². The molecule has 2 rings (SSSR count). The van der Waals surface area contributed by atoms with Crippen molar-refractivity contribution in [2.24, 2.45) is 5.92 Å². The lowest BCUT2D eigenvalue weighted by Gasteiger charge is -2.08. The molecule has 22 heavy (non-hydrogen) atoms. The summed E-state index contributed by atoms with van der Waals surface area (Å²) in [6, 6.07) is 7.44. The van der Waals surface area contributed by atoms with E-state index in [-0.39, 0.29) is 5.91 Å². The van der Waals surface area contributed by atoms with Crippen molar-refractivity contribution in [1.82, 2.24) is 9.97 Å². The predicted octanol–water partition coefficient (Wildman–Crippen LogP) is 3.95. The van der Waals surface area contributed by atoms with Crippen LogP contribution in [-0.2, 0) is 0 Å². The molecule has 1 aromatic carbocycles. The van der Waals surface area contributed by atoms with Crippen molar-refractivity contribution in [2.75, 3.05) is 17.2 Å². The van der Waals surface area contributed by atoms with Crippen LogP contribution in [0.25, 0.3) is 0 Å². The van der Waals surface area contributed by atoms with Gasteiger partial charge in [-0.25, -0.2) is 9.97 Å². The van der Waals surface area contributed by atoms with Gasteiger partial charge in [-0.1, -0.05) is 26.0 Å². The molecule has 0 saturated carbocycles. The van der Waals surface area contributed by atoms with Crippen LogP contribution >= 0.6 is 15.9 Å². The molecule has 116 valence electrons. The fourth-order valence-electron chi connectivity index (χ4n) is 1.77. The lowest BCUT2D eigenvalue weighted by Crippen LogP contribution is -2.14. The quantitative estimate of drug-likeness (QED) is 0.816. The molecular formula is C16H19BrN4O. The van der Waals surface area contributed by atoms with Crippen LogP contribution in [0.15, 0.2) is 41.1 Å². The number of aromatic nitrogens is 2. The molecule has 1 heterocycles. The molecule has 1 aromatic heterocycles. The summed E-state index contributed by atoms with van der Waals surface area (Å²) in [5.41, 5.74) is 1.14. The third-order valence-electron chi connectivity index (χ3n) is 3.04. The maximum Gasteiger partial charge on any atom is 0.258 e. The Labute approximate surface area is 138 Å². The summed E-state index contributed by atoms with van der Waals surface area (Å²) in [5.74, 6) is 0.931. The Hall–Kier alpha value is -1.95. The third kappa shape index (κ3) is 4.80. The number of rotatable bonds is 6. The largest absolute Gasteiger partial charge is 0.354 e. The van der Waals surface area contributed by atoms with Crippen LogP contribution < -0.4 is 10.6 Å². The molecule has 2 N–H and O–H groups in total. The van der Waals surface area contributed by atoms with E-state index < -0.39 is 0 Å². The highest BCUT2D eigenvalue weighted by atomic mass is 79.9. The Morgan fingerprint density at radius 1 is 1.23 bits per heavy atom. The van der Waals surface area contributed by atoms with E-state index in [1.54, 1.807) is 0 Å². The van der Waals surface area contributed by atoms with Crippen molar-refractivity contribution in [3.05, 3.63) is 46.7 Å². The number of anilines is 2. The minimum atomic E-state index is -0.236. The van der Waals surface area contributed by atoms with Gasteiger partial charge in [0.1, 0.15) is 0 Å². The number of nitrogens with one attached hydrogen (secondary N) is 2. The fourth-order valence-corrected chi connectivity index (χ4v) is 2.15. The fraction of sp³-hybridized carbons (Fsp3) is 0.312. The van der Waals surface area contributed by atoms with Gasteiger partial charge in [0.05, 0.1) is 11.3 Å². The average Bonchev–Trinajstić information content (AvgIpc) is 2.50. The van der Waals surface area contributed by atoms with E-state index in [4.69, 9.17) is 0 Å². The first-order valence-corrected chi connectivity index (χ1v) is 7.97. The zero-order valence-electron chi connectivity index (χ0n) is 12.6. The van der Waals surface area contributed by atoms with Crippen LogP contribution in [0.2, 0.25) is 0 Å². The molecular weight excluding hydrogens is 344 g/mol. The summed E-state index contributed by atoms with van der Waals surface area (Å²) in [6.45, 7) is 5.15. The molecule has 0 bridgehead atoms. The molecule has 5 nitrogen and oxygen atoms in total. The summed E-state index contributed by atoms with van der Waals surface area (Å²) >= 11 is 3.39. The SMILES string of the molecule is CC(C)CCNc1ncc(C(=O)Nc2ccccc2Br)cn1. The number of halogens is 1. The maximum atomic E-state index is 12.1. The molecule has 0 aliphatic heterocycles. The summed E-state index contributed by atoms with van der Waals surface area (Å²) in [4.78, 5) is 20.5. The lowest BCUT2D eigenvalue weighted by atomic mass is 10.1. The summed E-state index contributed by atoms with van der Waals surface area (Å²) in [7, 11) is 0. The van der Waals surface area contributed by atoms with E-state index >= 15 is 0 Å². The van der Waals surface area contributed by atoms with Gasteiger partial charge in [0.15, 0.2) is 0 Å². The maximum absolute atomic E-state index is 12.1. The van der Waals surface area contributed by atoms with Crippen molar-refractivity contribution in [1.29, 1.82) is 0 Å². The lowest BCUT2D eigenvalue weighted by molar-refractivity contribution is 0.102. The molecule has 0 fully saturated rings. The number of nitrogens with zero attached hydrogens (tertiary/aromatic N) is 2. The monoisotopic (exact) mass is 362 g/mol. The van der Waals surface area contributed by atoms with E-state index in [1.165, 1.54) is 12.4 Å². The molecule has 2 aromatic rings. The van der Waals surface area contributed by atoms with E-state index in [9.17, 15) is 4.79 Å². The van der Waals surface area contributed by atoms with Crippen molar-refractivity contribution in [3.8, 4) is 0 Å². The summed E-state index contributed by atoms with van der Waals surface area (Å²) in [5, 5.41) is 5.96. The van der Waals surface area contributed by atoms with E-state index in [0.717, 1.165) is 17.4 Å². The zero-order valence-corrected chi connectivity index (χ0v) is 14.2. The van der Waals surface area contributed by atoms with Crippen LogP contribution in [-0.4, -0.2) is 22.4 Å². The standard InChI is InChI=1S/C16H19BrN4O/c1-11(2)7-8-18-16-19-9-12(10-20-16)15(22)21-14-6-4-3-5-13(14)17/h3-6,9-11H,7-8H2,1-2H3,(H,21,22)(H,18,19,20). The zero-order chi connectivity index (χ0) is 15.9. The average molecular weight is 363 g/mol. The van der Waals surface area contributed by atoms with Crippen molar-refractivity contribution in [2.45, 2.75) is 20.3 Å². The molecule has 0 radical (unpaired) electrons. The van der Waals surface area contributed by atoms with Gasteiger partial charge in [0, 0.05) is 23.4 Å². The highest BCUT2D eigenvalue weighted by Crippen LogP contribution is 2.21. The van der Waals surface area contributed by atoms with Gasteiger partial charge in [-0.2, -0.15) is 0 Å². The number of hydrogen-bond acceptors (Lipinski definition) is 4. The number of carbonyl (C=O) groups excluding carboxylic acids is 1. The normalized spacial score (nSPS) is 10.5. The smallest absolute Gasteiger partial charge is 0.258 e. The number of amides is 1. The first kappa shape index (κ1) is 16.4. The van der Waals surface area contributed by atoms with Crippen LogP contribution in [0.4, 0.5) is 11.6 Å². The Morgan fingerprint density at radius 3 is 2.55 bits per heavy atom. The second-order valence-corrected chi connectivity index (χ2v) is 6.19. The third-order valence-corrected chi connectivity index (χ3v) is 3.73. The minimum Gasteiger partial charge on any atom is -0.354 e. The van der Waals surface area contributed by atoms with Gasteiger partial charge < -0.3 is 10.6 Å². The van der Waals surface area contributed by atoms with E-state index in [2.05, 4.69) is 50.4 Å². The van der Waals surface area contributed by atoms with Crippen molar-refractivity contribution in [3.63, 3.8) is 0 Å². The van der Waals surface area contributed by atoms with E-state index in [1.807, 2.05) is 24.3 Å². The molecule has 0 aliphatic carbocycles. The number of benzene rings is 1. The Morgan fingerprint density at radius 2 is 1.91 bits per heavy atom. The molecule has 0 saturated heterocycles. The second kappa shape index (κ2) is 7.89.